The predicted octanol–water partition coefficient (Wildman–Crippen LogP) is 3.55. The van der Waals surface area contributed by atoms with Gasteiger partial charge in [0.2, 0.25) is 10.0 Å². The SMILES string of the molecule is Cc1nn(-c2ccc(C(=O)NCc3ccccc3NS(C)(=O)=O)cc2)c(C)c1Br. The molecule has 2 N–H and O–H groups in total. The van der Waals surface area contributed by atoms with Crippen molar-refractivity contribution in [1.82, 2.24) is 15.1 Å². The number of para-hydroxylation sites is 1. The van der Waals surface area contributed by atoms with Gasteiger partial charge in [-0.25, -0.2) is 13.1 Å². The zero-order chi connectivity index (χ0) is 21.2. The Kier molecular flexibility index (Phi) is 6.09. The van der Waals surface area contributed by atoms with E-state index in [1.807, 2.05) is 30.7 Å². The molecule has 0 unspecified atom stereocenters. The molecule has 1 heterocycles. The van der Waals surface area contributed by atoms with Crippen LogP contribution in [-0.2, 0) is 16.6 Å². The number of hydrogen-bond donors (Lipinski definition) is 2. The van der Waals surface area contributed by atoms with Crippen molar-refractivity contribution in [2.24, 2.45) is 0 Å². The summed E-state index contributed by atoms with van der Waals surface area (Å²) in [6, 6.07) is 14.1. The van der Waals surface area contributed by atoms with E-state index >= 15 is 0 Å². The van der Waals surface area contributed by atoms with Crippen molar-refractivity contribution in [2.75, 3.05) is 11.0 Å². The van der Waals surface area contributed by atoms with E-state index in [9.17, 15) is 13.2 Å². The second kappa shape index (κ2) is 8.38. The standard InChI is InChI=1S/C20H21BrN4O3S/c1-13-19(21)14(2)25(23-13)17-10-8-15(9-11-17)20(26)22-12-16-6-4-5-7-18(16)24-29(3,27)28/h4-11,24H,12H2,1-3H3,(H,22,26). The average molecular weight is 477 g/mol. The molecule has 7 nitrogen and oxygen atoms in total. The first-order chi connectivity index (χ1) is 13.7. The highest BCUT2D eigenvalue weighted by Gasteiger charge is 2.12. The molecule has 0 saturated carbocycles. The van der Waals surface area contributed by atoms with Crippen LogP contribution in [0.1, 0.15) is 27.3 Å². The average Bonchev–Trinajstić information content (AvgIpc) is 2.93. The number of rotatable bonds is 6. The Bertz CT molecular complexity index is 1150. The van der Waals surface area contributed by atoms with Gasteiger partial charge in [0.05, 0.1) is 33.5 Å². The maximum Gasteiger partial charge on any atom is 0.251 e. The molecule has 3 rings (SSSR count). The minimum Gasteiger partial charge on any atom is -0.348 e. The van der Waals surface area contributed by atoms with Crippen LogP contribution in [0.15, 0.2) is 53.0 Å². The van der Waals surface area contributed by atoms with Crippen LogP contribution in [0.3, 0.4) is 0 Å². The largest absolute Gasteiger partial charge is 0.348 e. The molecule has 0 atom stereocenters. The molecule has 29 heavy (non-hydrogen) atoms. The van der Waals surface area contributed by atoms with E-state index in [4.69, 9.17) is 0 Å². The van der Waals surface area contributed by atoms with E-state index in [2.05, 4.69) is 31.1 Å². The molecule has 9 heteroatoms. The number of aromatic nitrogens is 2. The Morgan fingerprint density at radius 1 is 1.10 bits per heavy atom. The number of hydrogen-bond acceptors (Lipinski definition) is 4. The van der Waals surface area contributed by atoms with Crippen molar-refractivity contribution in [2.45, 2.75) is 20.4 Å². The zero-order valence-corrected chi connectivity index (χ0v) is 18.6. The summed E-state index contributed by atoms with van der Waals surface area (Å²) in [5, 5.41) is 7.30. The molecule has 152 valence electrons. The number of halogens is 1. The fourth-order valence-corrected chi connectivity index (χ4v) is 3.73. The molecule has 0 aliphatic carbocycles. The first-order valence-electron chi connectivity index (χ1n) is 8.82. The van der Waals surface area contributed by atoms with Gasteiger partial charge in [-0.1, -0.05) is 18.2 Å². The molecule has 1 amide bonds. The molecule has 0 spiro atoms. The summed E-state index contributed by atoms with van der Waals surface area (Å²) in [5.74, 6) is -0.250. The van der Waals surface area contributed by atoms with Gasteiger partial charge in [0, 0.05) is 12.1 Å². The number of nitrogens with one attached hydrogen (secondary N) is 2. The van der Waals surface area contributed by atoms with Crippen LogP contribution >= 0.6 is 15.9 Å². The van der Waals surface area contributed by atoms with Gasteiger partial charge < -0.3 is 5.32 Å². The van der Waals surface area contributed by atoms with Gasteiger partial charge in [-0.05, 0) is 65.7 Å². The summed E-state index contributed by atoms with van der Waals surface area (Å²) < 4.78 is 28.2. The summed E-state index contributed by atoms with van der Waals surface area (Å²) in [7, 11) is -3.40. The highest BCUT2D eigenvalue weighted by Crippen LogP contribution is 2.23. The van der Waals surface area contributed by atoms with Crippen LogP contribution < -0.4 is 10.0 Å². The third-order valence-electron chi connectivity index (χ3n) is 4.33. The molecule has 0 aliphatic rings. The second-order valence-corrected chi connectivity index (χ2v) is 9.20. The predicted molar refractivity (Wildman–Crippen MR) is 117 cm³/mol. The third-order valence-corrected chi connectivity index (χ3v) is 6.07. The monoisotopic (exact) mass is 476 g/mol. The molecule has 0 bridgehead atoms. The van der Waals surface area contributed by atoms with Crippen LogP contribution in [0.4, 0.5) is 5.69 Å². The summed E-state index contributed by atoms with van der Waals surface area (Å²) in [4.78, 5) is 12.5. The summed E-state index contributed by atoms with van der Waals surface area (Å²) in [5.41, 5.74) is 4.36. The van der Waals surface area contributed by atoms with Crippen LogP contribution in [0, 0.1) is 13.8 Å². The van der Waals surface area contributed by atoms with Gasteiger partial charge in [-0.2, -0.15) is 5.10 Å². The smallest absolute Gasteiger partial charge is 0.251 e. The topological polar surface area (TPSA) is 93.1 Å². The van der Waals surface area contributed by atoms with Gasteiger partial charge in [0.25, 0.3) is 5.91 Å². The molecule has 1 aromatic heterocycles. The summed E-state index contributed by atoms with van der Waals surface area (Å²) in [6.07, 6.45) is 1.09. The second-order valence-electron chi connectivity index (χ2n) is 6.66. The quantitative estimate of drug-likeness (QED) is 0.568. The van der Waals surface area contributed by atoms with E-state index in [1.165, 1.54) is 0 Å². The van der Waals surface area contributed by atoms with E-state index in [1.54, 1.807) is 36.4 Å². The molecule has 0 fully saturated rings. The lowest BCUT2D eigenvalue weighted by atomic mass is 10.1. The summed E-state index contributed by atoms with van der Waals surface area (Å²) in [6.45, 7) is 4.09. The Labute approximate surface area is 178 Å². The number of amides is 1. The Balaban J connectivity index is 1.72. The lowest BCUT2D eigenvalue weighted by molar-refractivity contribution is 0.0951. The number of aryl methyl sites for hydroxylation is 1. The minimum absolute atomic E-state index is 0.198. The van der Waals surface area contributed by atoms with Crippen LogP contribution in [-0.4, -0.2) is 30.4 Å². The maximum absolute atomic E-state index is 12.5. The van der Waals surface area contributed by atoms with Crippen molar-refractivity contribution in [3.05, 3.63) is 75.5 Å². The fourth-order valence-electron chi connectivity index (χ4n) is 2.88. The van der Waals surface area contributed by atoms with E-state index < -0.39 is 10.0 Å². The van der Waals surface area contributed by atoms with Gasteiger partial charge in [0.1, 0.15) is 0 Å². The normalized spacial score (nSPS) is 11.3. The van der Waals surface area contributed by atoms with Crippen LogP contribution in [0.5, 0.6) is 0 Å². The Morgan fingerprint density at radius 3 is 2.34 bits per heavy atom. The Hall–Kier alpha value is -2.65. The Morgan fingerprint density at radius 2 is 1.76 bits per heavy atom. The first kappa shape index (κ1) is 21.1. The number of nitrogens with zero attached hydrogens (tertiary/aromatic N) is 2. The molecular formula is C20H21BrN4O3S. The van der Waals surface area contributed by atoms with Crippen LogP contribution in [0.2, 0.25) is 0 Å². The molecule has 2 aromatic carbocycles. The van der Waals surface area contributed by atoms with Crippen molar-refractivity contribution in [1.29, 1.82) is 0 Å². The van der Waals surface area contributed by atoms with Crippen LogP contribution in [0.25, 0.3) is 5.69 Å². The van der Waals surface area contributed by atoms with Crippen molar-refractivity contribution >= 4 is 37.5 Å². The maximum atomic E-state index is 12.5. The molecular weight excluding hydrogens is 456 g/mol. The molecule has 0 aliphatic heterocycles. The van der Waals surface area contributed by atoms with Crippen molar-refractivity contribution < 1.29 is 13.2 Å². The van der Waals surface area contributed by atoms with Gasteiger partial charge in [0.15, 0.2) is 0 Å². The van der Waals surface area contributed by atoms with Crippen molar-refractivity contribution in [3.63, 3.8) is 0 Å². The lowest BCUT2D eigenvalue weighted by Gasteiger charge is -2.12. The van der Waals surface area contributed by atoms with Gasteiger partial charge >= 0.3 is 0 Å². The lowest BCUT2D eigenvalue weighted by Crippen LogP contribution is -2.23. The zero-order valence-electron chi connectivity index (χ0n) is 16.2. The van der Waals surface area contributed by atoms with E-state index in [-0.39, 0.29) is 12.5 Å². The number of anilines is 1. The number of carbonyl (C=O) groups excluding carboxylic acids is 1. The molecule has 0 radical (unpaired) electrons. The molecule has 3 aromatic rings. The third kappa shape index (κ3) is 5.04. The summed E-state index contributed by atoms with van der Waals surface area (Å²) >= 11 is 3.51. The first-order valence-corrected chi connectivity index (χ1v) is 11.5. The minimum atomic E-state index is -3.40. The van der Waals surface area contributed by atoms with Gasteiger partial charge in [-0.3, -0.25) is 9.52 Å². The number of sulfonamides is 1. The van der Waals surface area contributed by atoms with Gasteiger partial charge in [-0.15, -0.1) is 0 Å². The molecule has 0 saturated heterocycles. The van der Waals surface area contributed by atoms with E-state index in [0.717, 1.165) is 27.8 Å². The van der Waals surface area contributed by atoms with Crippen molar-refractivity contribution in [3.8, 4) is 5.69 Å². The fraction of sp³-hybridized carbons (Fsp3) is 0.200. The van der Waals surface area contributed by atoms with E-state index in [0.29, 0.717) is 16.8 Å². The number of benzene rings is 2. The highest BCUT2D eigenvalue weighted by molar-refractivity contribution is 9.10. The number of carbonyl (C=O) groups is 1. The highest BCUT2D eigenvalue weighted by atomic mass is 79.9.